The first-order chi connectivity index (χ1) is 38.5. The third-order valence-corrected chi connectivity index (χ3v) is 12.4. The highest BCUT2D eigenvalue weighted by Crippen LogP contribution is 2.13. The van der Waals surface area contributed by atoms with Crippen LogP contribution in [0.4, 0.5) is 0 Å². The topological polar surface area (TPSA) is 78.9 Å². The molecule has 0 aromatic carbocycles. The fraction of sp³-hybridized carbons (Fsp3) is 0.569. The van der Waals surface area contributed by atoms with E-state index in [1.807, 2.05) is 0 Å². The van der Waals surface area contributed by atoms with Crippen LogP contribution in [-0.4, -0.2) is 37.2 Å². The Hall–Kier alpha value is -5.23. The van der Waals surface area contributed by atoms with Crippen LogP contribution >= 0.6 is 0 Å². The van der Waals surface area contributed by atoms with Crippen LogP contribution in [0.25, 0.3) is 0 Å². The van der Waals surface area contributed by atoms with Crippen molar-refractivity contribution in [3.8, 4) is 0 Å². The van der Waals surface area contributed by atoms with Crippen molar-refractivity contribution in [3.63, 3.8) is 0 Å². The van der Waals surface area contributed by atoms with Gasteiger partial charge in [-0.05, 0) is 148 Å². The Kier molecular flexibility index (Phi) is 60.0. The molecule has 0 fully saturated rings. The fourth-order valence-electron chi connectivity index (χ4n) is 7.84. The molecule has 0 amide bonds. The van der Waals surface area contributed by atoms with Gasteiger partial charge < -0.3 is 14.2 Å². The zero-order valence-electron chi connectivity index (χ0n) is 49.9. The van der Waals surface area contributed by atoms with E-state index in [4.69, 9.17) is 14.2 Å². The molecule has 0 aliphatic carbocycles. The van der Waals surface area contributed by atoms with Crippen molar-refractivity contribution in [1.82, 2.24) is 0 Å². The Bertz CT molecular complexity index is 1810. The number of unbranched alkanes of at least 4 members (excludes halogenated alkanes) is 15. The Balaban J connectivity index is 4.38. The molecule has 0 bridgehead atoms. The number of hydrogen-bond acceptors (Lipinski definition) is 6. The SMILES string of the molecule is CC/C=C\C/C=C\C/C=C\C/C=C\C/C=C\C/C=C\C/C=C\C/C=C\C/C=C\CCCCCC(=O)OCC(COC(=O)CCCCCCC/C=C\CCC)OC(=O)CCCCCCCC/C=C\C/C=C\C/C=C\C/C=C\CC. The van der Waals surface area contributed by atoms with E-state index in [0.29, 0.717) is 19.3 Å². The number of ether oxygens (including phenoxy) is 3. The minimum Gasteiger partial charge on any atom is -0.462 e. The second-order valence-corrected chi connectivity index (χ2v) is 19.8. The number of carbonyl (C=O) groups is 3. The van der Waals surface area contributed by atoms with Gasteiger partial charge in [0.2, 0.25) is 0 Å². The lowest BCUT2D eigenvalue weighted by molar-refractivity contribution is -0.167. The molecule has 0 radical (unpaired) electrons. The van der Waals surface area contributed by atoms with Crippen molar-refractivity contribution >= 4 is 17.9 Å². The van der Waals surface area contributed by atoms with Gasteiger partial charge in [-0.25, -0.2) is 0 Å². The molecule has 6 heteroatoms. The van der Waals surface area contributed by atoms with Gasteiger partial charge in [0.15, 0.2) is 6.10 Å². The molecule has 0 saturated heterocycles. The van der Waals surface area contributed by atoms with Gasteiger partial charge in [-0.1, -0.05) is 249 Å². The first-order valence-corrected chi connectivity index (χ1v) is 31.1. The largest absolute Gasteiger partial charge is 0.462 e. The third-order valence-electron chi connectivity index (χ3n) is 12.4. The van der Waals surface area contributed by atoms with Gasteiger partial charge in [0.1, 0.15) is 13.2 Å². The molecule has 0 aliphatic rings. The molecule has 0 spiro atoms. The molecule has 1 unspecified atom stereocenters. The minimum atomic E-state index is -0.812. The normalized spacial score (nSPS) is 13.3. The second kappa shape index (κ2) is 64.3. The first-order valence-electron chi connectivity index (χ1n) is 31.1. The summed E-state index contributed by atoms with van der Waals surface area (Å²) in [5.74, 6) is -0.973. The Morgan fingerprint density at radius 1 is 0.269 bits per heavy atom. The van der Waals surface area contributed by atoms with Gasteiger partial charge >= 0.3 is 17.9 Å². The predicted molar refractivity (Wildman–Crippen MR) is 338 cm³/mol. The van der Waals surface area contributed by atoms with E-state index in [9.17, 15) is 14.4 Å². The van der Waals surface area contributed by atoms with Crippen LogP contribution in [0.3, 0.4) is 0 Å². The number of esters is 3. The molecule has 0 aromatic rings. The van der Waals surface area contributed by atoms with E-state index in [0.717, 1.165) is 180 Å². The third kappa shape index (κ3) is 61.6. The number of rotatable bonds is 54. The molecule has 0 aliphatic heterocycles. The molecule has 0 N–H and O–H groups in total. The molecule has 0 heterocycles. The maximum absolute atomic E-state index is 12.9. The van der Waals surface area contributed by atoms with Crippen LogP contribution in [-0.2, 0) is 28.6 Å². The van der Waals surface area contributed by atoms with Crippen molar-refractivity contribution < 1.29 is 28.6 Å². The first kappa shape index (κ1) is 72.8. The highest BCUT2D eigenvalue weighted by atomic mass is 16.6. The summed E-state index contributed by atoms with van der Waals surface area (Å²) in [5.41, 5.74) is 0. The molecule has 0 saturated carbocycles. The standard InChI is InChI=1S/C72H112O6/c1-4-7-10-13-16-19-22-24-26-28-30-31-32-33-34-35-36-37-38-39-40-41-43-44-46-48-50-53-56-59-62-65-71(74)77-68-69(67-76-70(73)64-61-58-55-52-21-18-15-12-9-6-3)78-72(75)66-63-60-57-54-51-49-47-45-42-29-27-25-23-20-17-14-11-8-5-2/h7-8,10-12,15-17,19-20,24-27,30-31,33-34,36-37,39-40,42-45,48,50,69H,4-6,9,13-14,18,21-23,28-29,32,35,38,41,46-47,49,51-68H2,1-3H3/b10-7-,11-8-,15-12-,19-16-,20-17-,26-24-,27-25-,31-30-,34-33-,37-36-,40-39-,44-43-,45-42-,50-48-. The lowest BCUT2D eigenvalue weighted by Gasteiger charge is -2.18. The average molecular weight is 1070 g/mol. The lowest BCUT2D eigenvalue weighted by Crippen LogP contribution is -2.30. The predicted octanol–water partition coefficient (Wildman–Crippen LogP) is 21.5. The fourth-order valence-corrected chi connectivity index (χ4v) is 7.84. The van der Waals surface area contributed by atoms with E-state index in [1.54, 1.807) is 0 Å². The summed E-state index contributed by atoms with van der Waals surface area (Å²) in [6.45, 7) is 6.29. The quantitative estimate of drug-likeness (QED) is 0.0261. The molecular formula is C72H112O6. The zero-order chi connectivity index (χ0) is 56.4. The van der Waals surface area contributed by atoms with Crippen molar-refractivity contribution in [2.45, 2.75) is 252 Å². The average Bonchev–Trinajstić information content (AvgIpc) is 3.44. The van der Waals surface area contributed by atoms with Crippen molar-refractivity contribution in [1.29, 1.82) is 0 Å². The molecule has 0 rings (SSSR count). The molecule has 78 heavy (non-hydrogen) atoms. The van der Waals surface area contributed by atoms with Gasteiger partial charge in [0.05, 0.1) is 0 Å². The van der Waals surface area contributed by atoms with Crippen LogP contribution < -0.4 is 0 Å². The van der Waals surface area contributed by atoms with Crippen LogP contribution in [0, 0.1) is 0 Å². The van der Waals surface area contributed by atoms with E-state index in [2.05, 4.69) is 191 Å². The summed E-state index contributed by atoms with van der Waals surface area (Å²) in [6.07, 6.45) is 95.0. The summed E-state index contributed by atoms with van der Waals surface area (Å²) in [6, 6.07) is 0. The zero-order valence-corrected chi connectivity index (χ0v) is 49.9. The monoisotopic (exact) mass is 1070 g/mol. The summed E-state index contributed by atoms with van der Waals surface area (Å²) in [4.78, 5) is 38.2. The van der Waals surface area contributed by atoms with Crippen molar-refractivity contribution in [3.05, 3.63) is 170 Å². The van der Waals surface area contributed by atoms with Gasteiger partial charge in [-0.2, -0.15) is 0 Å². The molecule has 0 aromatic heterocycles. The number of carbonyl (C=O) groups excluding carboxylic acids is 3. The molecule has 6 nitrogen and oxygen atoms in total. The van der Waals surface area contributed by atoms with Gasteiger partial charge in [-0.15, -0.1) is 0 Å². The van der Waals surface area contributed by atoms with Crippen LogP contribution in [0.1, 0.15) is 245 Å². The maximum atomic E-state index is 12.9. The van der Waals surface area contributed by atoms with Crippen molar-refractivity contribution in [2.75, 3.05) is 13.2 Å². The second-order valence-electron chi connectivity index (χ2n) is 19.8. The molecule has 1 atom stereocenters. The van der Waals surface area contributed by atoms with Crippen molar-refractivity contribution in [2.24, 2.45) is 0 Å². The summed E-state index contributed by atoms with van der Waals surface area (Å²) < 4.78 is 16.8. The van der Waals surface area contributed by atoms with E-state index in [-0.39, 0.29) is 31.1 Å². The smallest absolute Gasteiger partial charge is 0.306 e. The van der Waals surface area contributed by atoms with Crippen LogP contribution in [0.5, 0.6) is 0 Å². The van der Waals surface area contributed by atoms with E-state index >= 15 is 0 Å². The van der Waals surface area contributed by atoms with Gasteiger partial charge in [-0.3, -0.25) is 14.4 Å². The van der Waals surface area contributed by atoms with Gasteiger partial charge in [0.25, 0.3) is 0 Å². The number of allylic oxidation sites excluding steroid dienone is 28. The Labute approximate surface area is 479 Å². The minimum absolute atomic E-state index is 0.107. The number of hydrogen-bond donors (Lipinski definition) is 0. The maximum Gasteiger partial charge on any atom is 0.306 e. The lowest BCUT2D eigenvalue weighted by atomic mass is 10.1. The molecular weight excluding hydrogens is 961 g/mol. The molecule has 436 valence electrons. The highest BCUT2D eigenvalue weighted by Gasteiger charge is 2.19. The van der Waals surface area contributed by atoms with E-state index in [1.165, 1.54) is 25.7 Å². The Morgan fingerprint density at radius 2 is 0.500 bits per heavy atom. The highest BCUT2D eigenvalue weighted by molar-refractivity contribution is 5.71. The summed E-state index contributed by atoms with van der Waals surface area (Å²) in [7, 11) is 0. The van der Waals surface area contributed by atoms with Gasteiger partial charge in [0, 0.05) is 19.3 Å². The summed E-state index contributed by atoms with van der Waals surface area (Å²) >= 11 is 0. The van der Waals surface area contributed by atoms with Crippen LogP contribution in [0.15, 0.2) is 170 Å². The van der Waals surface area contributed by atoms with Crippen LogP contribution in [0.2, 0.25) is 0 Å². The van der Waals surface area contributed by atoms with E-state index < -0.39 is 6.10 Å². The Morgan fingerprint density at radius 3 is 0.808 bits per heavy atom. The summed E-state index contributed by atoms with van der Waals surface area (Å²) in [5, 5.41) is 0.